The van der Waals surface area contributed by atoms with Crippen molar-refractivity contribution >= 4 is 5.97 Å². The first-order chi connectivity index (χ1) is 10.0. The van der Waals surface area contributed by atoms with Crippen molar-refractivity contribution in [2.75, 3.05) is 13.2 Å². The van der Waals surface area contributed by atoms with Crippen molar-refractivity contribution in [1.29, 1.82) is 0 Å². The van der Waals surface area contributed by atoms with Crippen LogP contribution in [0.5, 0.6) is 5.75 Å². The average Bonchev–Trinajstić information content (AvgIpc) is 2.42. The van der Waals surface area contributed by atoms with Crippen molar-refractivity contribution < 1.29 is 23.8 Å². The van der Waals surface area contributed by atoms with Gasteiger partial charge < -0.3 is 14.6 Å². The third-order valence-corrected chi connectivity index (χ3v) is 3.01. The number of hydrogen-bond donors (Lipinski definition) is 1. The van der Waals surface area contributed by atoms with Gasteiger partial charge in [-0.15, -0.1) is 0 Å². The van der Waals surface area contributed by atoms with Crippen LogP contribution < -0.4 is 4.74 Å². The Kier molecular flexibility index (Phi) is 7.75. The van der Waals surface area contributed by atoms with E-state index in [1.807, 2.05) is 0 Å². The fraction of sp³-hybridized carbons (Fsp3) is 0.562. The van der Waals surface area contributed by atoms with Crippen LogP contribution in [0.2, 0.25) is 0 Å². The molecule has 0 heterocycles. The fourth-order valence-electron chi connectivity index (χ4n) is 1.94. The molecule has 0 fully saturated rings. The summed E-state index contributed by atoms with van der Waals surface area (Å²) in [6.45, 7) is 4.22. The topological polar surface area (TPSA) is 55.8 Å². The van der Waals surface area contributed by atoms with Gasteiger partial charge in [0, 0.05) is 18.1 Å². The molecule has 0 saturated carbocycles. The first-order valence-electron chi connectivity index (χ1n) is 7.30. The maximum atomic E-state index is 13.2. The molecule has 1 aromatic rings. The first-order valence-corrected chi connectivity index (χ1v) is 7.30. The fourth-order valence-corrected chi connectivity index (χ4v) is 1.94. The molecule has 0 bridgehead atoms. The Bertz CT molecular complexity index is 446. The lowest BCUT2D eigenvalue weighted by atomic mass is 10.1. The smallest absolute Gasteiger partial charge is 0.305 e. The van der Waals surface area contributed by atoms with Crippen LogP contribution in [-0.2, 0) is 9.53 Å². The van der Waals surface area contributed by atoms with Crippen molar-refractivity contribution in [1.82, 2.24) is 0 Å². The molecule has 0 aromatic heterocycles. The SMILES string of the molecule is CCOC(=O)CCCCCOc1cc(F)ccc1C(C)O. The van der Waals surface area contributed by atoms with Gasteiger partial charge in [-0.2, -0.15) is 0 Å². The van der Waals surface area contributed by atoms with E-state index in [4.69, 9.17) is 9.47 Å². The predicted octanol–water partition coefficient (Wildman–Crippen LogP) is 3.38. The van der Waals surface area contributed by atoms with E-state index in [0.29, 0.717) is 30.9 Å². The molecule has 1 atom stereocenters. The molecular weight excluding hydrogens is 275 g/mol. The number of benzene rings is 1. The third kappa shape index (κ3) is 6.58. The Morgan fingerprint density at radius 3 is 2.76 bits per heavy atom. The lowest BCUT2D eigenvalue weighted by molar-refractivity contribution is -0.143. The monoisotopic (exact) mass is 298 g/mol. The summed E-state index contributed by atoms with van der Waals surface area (Å²) in [6.07, 6.45) is 2.04. The van der Waals surface area contributed by atoms with Crippen molar-refractivity contribution in [3.05, 3.63) is 29.6 Å². The number of carbonyl (C=O) groups is 1. The Morgan fingerprint density at radius 1 is 1.33 bits per heavy atom. The van der Waals surface area contributed by atoms with Crippen molar-refractivity contribution in [3.63, 3.8) is 0 Å². The van der Waals surface area contributed by atoms with E-state index in [9.17, 15) is 14.3 Å². The van der Waals surface area contributed by atoms with Crippen LogP contribution in [0.1, 0.15) is 51.2 Å². The van der Waals surface area contributed by atoms with E-state index >= 15 is 0 Å². The highest BCUT2D eigenvalue weighted by atomic mass is 19.1. The molecule has 1 rings (SSSR count). The first kappa shape index (κ1) is 17.4. The molecular formula is C16H23FO4. The minimum absolute atomic E-state index is 0.181. The number of aliphatic hydroxyl groups excluding tert-OH is 1. The van der Waals surface area contributed by atoms with E-state index in [1.54, 1.807) is 13.8 Å². The normalized spacial score (nSPS) is 12.0. The predicted molar refractivity (Wildman–Crippen MR) is 77.6 cm³/mol. The molecule has 1 N–H and O–H groups in total. The Hall–Kier alpha value is -1.62. The summed E-state index contributed by atoms with van der Waals surface area (Å²) in [5, 5.41) is 9.59. The van der Waals surface area contributed by atoms with Crippen molar-refractivity contribution in [2.24, 2.45) is 0 Å². The highest BCUT2D eigenvalue weighted by molar-refractivity contribution is 5.69. The molecule has 1 unspecified atom stereocenters. The number of esters is 1. The summed E-state index contributed by atoms with van der Waals surface area (Å²) < 4.78 is 23.5. The van der Waals surface area contributed by atoms with Gasteiger partial charge in [-0.05, 0) is 45.2 Å². The van der Waals surface area contributed by atoms with Crippen molar-refractivity contribution in [3.8, 4) is 5.75 Å². The van der Waals surface area contributed by atoms with Crippen LogP contribution in [0.25, 0.3) is 0 Å². The number of rotatable bonds is 9. The van der Waals surface area contributed by atoms with E-state index < -0.39 is 11.9 Å². The number of ether oxygens (including phenoxy) is 2. The van der Waals surface area contributed by atoms with Gasteiger partial charge in [0.15, 0.2) is 0 Å². The molecule has 4 nitrogen and oxygen atoms in total. The summed E-state index contributed by atoms with van der Waals surface area (Å²) in [6, 6.07) is 4.10. The number of aliphatic hydroxyl groups is 1. The molecule has 0 spiro atoms. The van der Waals surface area contributed by atoms with E-state index in [-0.39, 0.29) is 5.97 Å². The van der Waals surface area contributed by atoms with Crippen LogP contribution in [0.3, 0.4) is 0 Å². The Labute approximate surface area is 124 Å². The van der Waals surface area contributed by atoms with Gasteiger partial charge >= 0.3 is 5.97 Å². The zero-order valence-corrected chi connectivity index (χ0v) is 12.6. The van der Waals surface area contributed by atoms with Gasteiger partial charge in [-0.1, -0.05) is 0 Å². The summed E-state index contributed by atoms with van der Waals surface area (Å²) in [7, 11) is 0. The molecule has 0 aliphatic heterocycles. The number of carbonyl (C=O) groups excluding carboxylic acids is 1. The van der Waals surface area contributed by atoms with E-state index in [0.717, 1.165) is 19.3 Å². The second-order valence-corrected chi connectivity index (χ2v) is 4.82. The van der Waals surface area contributed by atoms with Crippen LogP contribution in [0, 0.1) is 5.82 Å². The minimum Gasteiger partial charge on any atom is -0.493 e. The Balaban J connectivity index is 2.29. The standard InChI is InChI=1S/C16H23FO4/c1-3-20-16(19)7-5-4-6-10-21-15-11-13(17)8-9-14(15)12(2)18/h8-9,11-12,18H,3-7,10H2,1-2H3. The maximum Gasteiger partial charge on any atom is 0.305 e. The summed E-state index contributed by atoms with van der Waals surface area (Å²) in [5.41, 5.74) is 0.572. The number of unbranched alkanes of at least 4 members (excludes halogenated alkanes) is 2. The van der Waals surface area contributed by atoms with Crippen LogP contribution in [0.4, 0.5) is 4.39 Å². The van der Waals surface area contributed by atoms with Crippen molar-refractivity contribution in [2.45, 2.75) is 45.6 Å². The van der Waals surface area contributed by atoms with Gasteiger partial charge in [0.1, 0.15) is 11.6 Å². The zero-order valence-electron chi connectivity index (χ0n) is 12.6. The summed E-state index contributed by atoms with van der Waals surface area (Å²) in [4.78, 5) is 11.1. The zero-order chi connectivity index (χ0) is 15.7. The van der Waals surface area contributed by atoms with Gasteiger partial charge in [0.25, 0.3) is 0 Å². The number of halogens is 1. The Morgan fingerprint density at radius 2 is 2.10 bits per heavy atom. The van der Waals surface area contributed by atoms with E-state index in [1.165, 1.54) is 18.2 Å². The number of hydrogen-bond acceptors (Lipinski definition) is 4. The second kappa shape index (κ2) is 9.34. The minimum atomic E-state index is -0.704. The second-order valence-electron chi connectivity index (χ2n) is 4.82. The molecule has 0 aliphatic carbocycles. The lowest BCUT2D eigenvalue weighted by Gasteiger charge is -2.13. The maximum absolute atomic E-state index is 13.2. The van der Waals surface area contributed by atoms with Gasteiger partial charge in [0.2, 0.25) is 0 Å². The lowest BCUT2D eigenvalue weighted by Crippen LogP contribution is -2.05. The third-order valence-electron chi connectivity index (χ3n) is 3.01. The van der Waals surface area contributed by atoms with E-state index in [2.05, 4.69) is 0 Å². The summed E-state index contributed by atoms with van der Waals surface area (Å²) in [5.74, 6) is -0.202. The summed E-state index contributed by atoms with van der Waals surface area (Å²) >= 11 is 0. The van der Waals surface area contributed by atoms with Gasteiger partial charge in [-0.3, -0.25) is 4.79 Å². The van der Waals surface area contributed by atoms with Crippen LogP contribution >= 0.6 is 0 Å². The van der Waals surface area contributed by atoms with Crippen LogP contribution in [0.15, 0.2) is 18.2 Å². The highest BCUT2D eigenvalue weighted by Gasteiger charge is 2.10. The molecule has 5 heteroatoms. The average molecular weight is 298 g/mol. The highest BCUT2D eigenvalue weighted by Crippen LogP contribution is 2.26. The molecule has 0 radical (unpaired) electrons. The molecule has 0 amide bonds. The molecule has 21 heavy (non-hydrogen) atoms. The molecule has 0 aliphatic rings. The molecule has 0 saturated heterocycles. The van der Waals surface area contributed by atoms with Gasteiger partial charge in [0.05, 0.1) is 19.3 Å². The van der Waals surface area contributed by atoms with Gasteiger partial charge in [-0.25, -0.2) is 4.39 Å². The molecule has 1 aromatic carbocycles. The molecule has 118 valence electrons. The largest absolute Gasteiger partial charge is 0.493 e. The van der Waals surface area contributed by atoms with Crippen LogP contribution in [-0.4, -0.2) is 24.3 Å². The quantitative estimate of drug-likeness (QED) is 0.561.